The molecule has 0 aromatic carbocycles. The Balaban J connectivity index is 0.000000204. The van der Waals surface area contributed by atoms with Gasteiger partial charge in [-0.3, -0.25) is 4.79 Å². The fourth-order valence-corrected chi connectivity index (χ4v) is 3.56. The Morgan fingerprint density at radius 3 is 1.60 bits per heavy atom. The number of carboxylic acids is 1. The fourth-order valence-electron chi connectivity index (χ4n) is 3.56. The highest BCUT2D eigenvalue weighted by molar-refractivity contribution is 5.69. The molecule has 0 heterocycles. The molecule has 0 saturated heterocycles. The lowest BCUT2D eigenvalue weighted by Gasteiger charge is -2.24. The van der Waals surface area contributed by atoms with Crippen LogP contribution < -0.4 is 0 Å². The lowest BCUT2D eigenvalue weighted by molar-refractivity contribution is -0.143. The van der Waals surface area contributed by atoms with Crippen molar-refractivity contribution in [2.75, 3.05) is 0 Å². The van der Waals surface area contributed by atoms with Crippen molar-refractivity contribution in [1.82, 2.24) is 0 Å². The molecule has 1 N–H and O–H groups in total. The standard InChI is InChI=1S/C9H16O2.C9H18/c1-2-7-3-5-8(6-4-7)9(10)11;1-3-9-6-4-8(2)5-7-9/h7-8H,2-6H2,1H3,(H,10,11);8-9H,3-7H2,1-2H3. The van der Waals surface area contributed by atoms with Gasteiger partial charge in [0.25, 0.3) is 0 Å². The van der Waals surface area contributed by atoms with E-state index < -0.39 is 5.97 Å². The van der Waals surface area contributed by atoms with Crippen molar-refractivity contribution in [2.24, 2.45) is 23.7 Å². The maximum absolute atomic E-state index is 10.5. The molecule has 2 heteroatoms. The molecule has 0 amide bonds. The van der Waals surface area contributed by atoms with Crippen LogP contribution in [-0.2, 0) is 4.79 Å². The highest BCUT2D eigenvalue weighted by atomic mass is 16.4. The number of rotatable bonds is 3. The third kappa shape index (κ3) is 6.28. The SMILES string of the molecule is CCC1CCC(C(=O)O)CC1.CCC1CCC(C)CC1. The van der Waals surface area contributed by atoms with E-state index in [1.54, 1.807) is 0 Å². The molecule has 0 radical (unpaired) electrons. The molecule has 0 atom stereocenters. The summed E-state index contributed by atoms with van der Waals surface area (Å²) < 4.78 is 0. The van der Waals surface area contributed by atoms with Gasteiger partial charge in [-0.05, 0) is 43.4 Å². The Bertz CT molecular complexity index is 259. The lowest BCUT2D eigenvalue weighted by atomic mass is 9.81. The first-order chi connectivity index (χ1) is 9.56. The molecule has 2 fully saturated rings. The summed E-state index contributed by atoms with van der Waals surface area (Å²) in [4.78, 5) is 10.5. The second kappa shape index (κ2) is 9.41. The molecule has 0 aliphatic heterocycles. The van der Waals surface area contributed by atoms with E-state index >= 15 is 0 Å². The third-order valence-corrected chi connectivity index (χ3v) is 5.49. The molecular weight excluding hydrogens is 248 g/mol. The minimum Gasteiger partial charge on any atom is -0.481 e. The average molecular weight is 282 g/mol. The molecule has 2 nitrogen and oxygen atoms in total. The monoisotopic (exact) mass is 282 g/mol. The van der Waals surface area contributed by atoms with Crippen LogP contribution in [0.5, 0.6) is 0 Å². The van der Waals surface area contributed by atoms with Gasteiger partial charge in [0, 0.05) is 0 Å². The second-order valence-corrected chi connectivity index (χ2v) is 7.00. The predicted octanol–water partition coefficient (Wildman–Crippen LogP) is 5.51. The molecule has 0 spiro atoms. The molecule has 0 aromatic heterocycles. The summed E-state index contributed by atoms with van der Waals surface area (Å²) >= 11 is 0. The summed E-state index contributed by atoms with van der Waals surface area (Å²) in [6.45, 7) is 6.89. The molecule has 0 bridgehead atoms. The Kier molecular flexibility index (Phi) is 8.25. The van der Waals surface area contributed by atoms with Gasteiger partial charge < -0.3 is 5.11 Å². The molecule has 2 saturated carbocycles. The van der Waals surface area contributed by atoms with Crippen molar-refractivity contribution in [3.8, 4) is 0 Å². The normalized spacial score (nSPS) is 34.0. The van der Waals surface area contributed by atoms with Gasteiger partial charge in [0.1, 0.15) is 0 Å². The molecule has 2 rings (SSSR count). The van der Waals surface area contributed by atoms with E-state index in [0.717, 1.165) is 43.4 Å². The molecule has 20 heavy (non-hydrogen) atoms. The zero-order valence-corrected chi connectivity index (χ0v) is 13.7. The number of hydrogen-bond donors (Lipinski definition) is 1. The van der Waals surface area contributed by atoms with Gasteiger partial charge in [0.15, 0.2) is 0 Å². The third-order valence-electron chi connectivity index (χ3n) is 5.49. The van der Waals surface area contributed by atoms with Crippen molar-refractivity contribution >= 4 is 5.97 Å². The molecule has 2 aliphatic rings. The minimum absolute atomic E-state index is 0.0437. The Morgan fingerprint density at radius 2 is 1.25 bits per heavy atom. The van der Waals surface area contributed by atoms with Crippen LogP contribution in [-0.4, -0.2) is 11.1 Å². The molecular formula is C18H34O2. The van der Waals surface area contributed by atoms with Crippen molar-refractivity contribution in [3.05, 3.63) is 0 Å². The van der Waals surface area contributed by atoms with E-state index in [9.17, 15) is 4.79 Å². The van der Waals surface area contributed by atoms with Gasteiger partial charge in [-0.15, -0.1) is 0 Å². The number of carbonyl (C=O) groups is 1. The number of aliphatic carboxylic acids is 1. The van der Waals surface area contributed by atoms with Crippen molar-refractivity contribution in [2.45, 2.75) is 85.0 Å². The molecule has 118 valence electrons. The van der Waals surface area contributed by atoms with E-state index in [0.29, 0.717) is 0 Å². The van der Waals surface area contributed by atoms with Crippen LogP contribution in [0.2, 0.25) is 0 Å². The average Bonchev–Trinajstić information content (AvgIpc) is 2.49. The van der Waals surface area contributed by atoms with Crippen LogP contribution in [0.1, 0.15) is 85.0 Å². The summed E-state index contributed by atoms with van der Waals surface area (Å²) in [7, 11) is 0. The first kappa shape index (κ1) is 17.5. The topological polar surface area (TPSA) is 37.3 Å². The zero-order valence-electron chi connectivity index (χ0n) is 13.7. The first-order valence-electron chi connectivity index (χ1n) is 8.79. The Labute approximate surface area is 125 Å². The van der Waals surface area contributed by atoms with Crippen LogP contribution in [0, 0.1) is 23.7 Å². The number of hydrogen-bond acceptors (Lipinski definition) is 1. The van der Waals surface area contributed by atoms with Crippen LogP contribution in [0.25, 0.3) is 0 Å². The van der Waals surface area contributed by atoms with Gasteiger partial charge in [-0.1, -0.05) is 59.3 Å². The van der Waals surface area contributed by atoms with E-state index in [1.807, 2.05) is 0 Å². The smallest absolute Gasteiger partial charge is 0.306 e. The Morgan fingerprint density at radius 1 is 0.850 bits per heavy atom. The summed E-state index contributed by atoms with van der Waals surface area (Å²) in [6.07, 6.45) is 12.6. The van der Waals surface area contributed by atoms with Gasteiger partial charge >= 0.3 is 5.97 Å². The highest BCUT2D eigenvalue weighted by Gasteiger charge is 2.24. The molecule has 0 unspecified atom stereocenters. The van der Waals surface area contributed by atoms with Crippen molar-refractivity contribution in [1.29, 1.82) is 0 Å². The van der Waals surface area contributed by atoms with Gasteiger partial charge in [-0.25, -0.2) is 0 Å². The van der Waals surface area contributed by atoms with E-state index in [4.69, 9.17) is 5.11 Å². The van der Waals surface area contributed by atoms with Gasteiger partial charge in [0.2, 0.25) is 0 Å². The lowest BCUT2D eigenvalue weighted by Crippen LogP contribution is -2.20. The summed E-state index contributed by atoms with van der Waals surface area (Å²) in [5.74, 6) is 2.25. The number of carboxylic acid groups (broad SMARTS) is 1. The van der Waals surface area contributed by atoms with E-state index in [-0.39, 0.29) is 5.92 Å². The minimum atomic E-state index is -0.598. The van der Waals surface area contributed by atoms with Crippen molar-refractivity contribution < 1.29 is 9.90 Å². The van der Waals surface area contributed by atoms with Gasteiger partial charge in [-0.2, -0.15) is 0 Å². The largest absolute Gasteiger partial charge is 0.481 e. The van der Waals surface area contributed by atoms with Crippen LogP contribution in [0.3, 0.4) is 0 Å². The van der Waals surface area contributed by atoms with Crippen LogP contribution in [0.4, 0.5) is 0 Å². The van der Waals surface area contributed by atoms with E-state index in [2.05, 4.69) is 20.8 Å². The quantitative estimate of drug-likeness (QED) is 0.741. The van der Waals surface area contributed by atoms with Crippen molar-refractivity contribution in [3.63, 3.8) is 0 Å². The van der Waals surface area contributed by atoms with Gasteiger partial charge in [0.05, 0.1) is 5.92 Å². The Hall–Kier alpha value is -0.530. The summed E-state index contributed by atoms with van der Waals surface area (Å²) in [5.41, 5.74) is 0. The maximum Gasteiger partial charge on any atom is 0.306 e. The highest BCUT2D eigenvalue weighted by Crippen LogP contribution is 2.30. The van der Waals surface area contributed by atoms with Crippen LogP contribution in [0.15, 0.2) is 0 Å². The second-order valence-electron chi connectivity index (χ2n) is 7.00. The molecule has 2 aliphatic carbocycles. The van der Waals surface area contributed by atoms with Crippen LogP contribution >= 0.6 is 0 Å². The van der Waals surface area contributed by atoms with E-state index in [1.165, 1.54) is 38.5 Å². The first-order valence-corrected chi connectivity index (χ1v) is 8.79. The maximum atomic E-state index is 10.5. The summed E-state index contributed by atoms with van der Waals surface area (Å²) in [6, 6.07) is 0. The predicted molar refractivity (Wildman–Crippen MR) is 84.8 cm³/mol. The fraction of sp³-hybridized carbons (Fsp3) is 0.944. The summed E-state index contributed by atoms with van der Waals surface area (Å²) in [5, 5.41) is 8.70. The molecule has 0 aromatic rings. The zero-order chi connectivity index (χ0) is 15.0.